The van der Waals surface area contributed by atoms with Crippen LogP contribution in [-0.2, 0) is 19.2 Å². The Hall–Kier alpha value is -2.62. The van der Waals surface area contributed by atoms with Gasteiger partial charge >= 0.3 is 30.3 Å². The number of nitrogens with one attached hydrogen (secondary N) is 1. The molecule has 16 heteroatoms. The molecule has 0 saturated heterocycles. The van der Waals surface area contributed by atoms with Crippen molar-refractivity contribution in [3.8, 4) is 0 Å². The van der Waals surface area contributed by atoms with Crippen LogP contribution in [0.3, 0.4) is 0 Å². The van der Waals surface area contributed by atoms with E-state index in [4.69, 9.17) is 35.7 Å². The Bertz CT molecular complexity index is 469. The van der Waals surface area contributed by atoms with E-state index in [9.17, 15) is 35.9 Å². The number of hydrogen-bond donors (Lipinski definition) is 6. The van der Waals surface area contributed by atoms with Gasteiger partial charge in [0.2, 0.25) is 5.91 Å². The van der Waals surface area contributed by atoms with Crippen LogP contribution in [0.4, 0.5) is 26.3 Å². The molecule has 0 aromatic heterocycles. The first kappa shape index (κ1) is 28.2. The van der Waals surface area contributed by atoms with Crippen molar-refractivity contribution < 1.29 is 65.9 Å². The maximum absolute atomic E-state index is 10.8. The van der Waals surface area contributed by atoms with Gasteiger partial charge in [0.15, 0.2) is 0 Å². The number of hydrogen-bond acceptors (Lipinski definition) is 6. The summed E-state index contributed by atoms with van der Waals surface area (Å²) < 4.78 is 63.5. The molecule has 2 atom stereocenters. The first-order valence-corrected chi connectivity index (χ1v) is 5.87. The highest BCUT2D eigenvalue weighted by Crippen LogP contribution is 2.13. The molecule has 0 bridgehead atoms. The molecular formula is C10H14F6N2O8. The SMILES string of the molecule is CC(NC(=O)[C@@H](N)CO)C(=O)O.O=C(O)C(F)(F)F.O=C(O)C(F)(F)F. The van der Waals surface area contributed by atoms with Gasteiger partial charge in [-0.2, -0.15) is 26.3 Å². The van der Waals surface area contributed by atoms with Gasteiger partial charge in [-0.25, -0.2) is 9.59 Å². The third-order valence-corrected chi connectivity index (χ3v) is 1.75. The lowest BCUT2D eigenvalue weighted by atomic mass is 10.2. The van der Waals surface area contributed by atoms with Crippen LogP contribution in [0.1, 0.15) is 6.92 Å². The second kappa shape index (κ2) is 11.9. The van der Waals surface area contributed by atoms with E-state index < -0.39 is 54.9 Å². The summed E-state index contributed by atoms with van der Waals surface area (Å²) >= 11 is 0. The van der Waals surface area contributed by atoms with E-state index in [1.54, 1.807) is 0 Å². The van der Waals surface area contributed by atoms with E-state index in [-0.39, 0.29) is 0 Å². The first-order chi connectivity index (χ1) is 11.4. The number of halogens is 6. The number of alkyl halides is 6. The molecule has 154 valence electrons. The Morgan fingerprint density at radius 2 is 1.19 bits per heavy atom. The number of aliphatic carboxylic acids is 3. The van der Waals surface area contributed by atoms with Crippen LogP contribution in [0.15, 0.2) is 0 Å². The van der Waals surface area contributed by atoms with Gasteiger partial charge in [0.1, 0.15) is 12.1 Å². The summed E-state index contributed by atoms with van der Waals surface area (Å²) in [5, 5.41) is 33.1. The number of amides is 1. The van der Waals surface area contributed by atoms with Crippen molar-refractivity contribution in [1.29, 1.82) is 0 Å². The molecule has 1 unspecified atom stereocenters. The fourth-order valence-electron chi connectivity index (χ4n) is 0.465. The molecule has 0 saturated carbocycles. The van der Waals surface area contributed by atoms with Crippen LogP contribution in [0.5, 0.6) is 0 Å². The van der Waals surface area contributed by atoms with Gasteiger partial charge in [-0.3, -0.25) is 9.59 Å². The molecule has 0 spiro atoms. The molecule has 10 nitrogen and oxygen atoms in total. The van der Waals surface area contributed by atoms with Gasteiger partial charge in [-0.1, -0.05) is 0 Å². The predicted octanol–water partition coefficient (Wildman–Crippen LogP) is -0.838. The largest absolute Gasteiger partial charge is 0.490 e. The second-order valence-electron chi connectivity index (χ2n) is 3.96. The lowest BCUT2D eigenvalue weighted by Crippen LogP contribution is -2.48. The van der Waals surface area contributed by atoms with Crippen molar-refractivity contribution in [2.45, 2.75) is 31.4 Å². The smallest absolute Gasteiger partial charge is 0.480 e. The number of carboxylic acid groups (broad SMARTS) is 3. The second-order valence-corrected chi connectivity index (χ2v) is 3.96. The quantitative estimate of drug-likeness (QED) is 0.325. The van der Waals surface area contributed by atoms with Gasteiger partial charge in [-0.15, -0.1) is 0 Å². The number of carbonyl (C=O) groups is 4. The molecule has 0 aromatic carbocycles. The Morgan fingerprint density at radius 1 is 0.923 bits per heavy atom. The summed E-state index contributed by atoms with van der Waals surface area (Å²) in [6, 6.07) is -2.05. The highest BCUT2D eigenvalue weighted by Gasteiger charge is 2.38. The minimum atomic E-state index is -5.08. The molecule has 0 aliphatic rings. The topological polar surface area (TPSA) is 187 Å². The van der Waals surface area contributed by atoms with Crippen molar-refractivity contribution >= 4 is 23.8 Å². The third kappa shape index (κ3) is 16.2. The minimum Gasteiger partial charge on any atom is -0.480 e. The number of aliphatic hydroxyl groups excluding tert-OH is 1. The maximum Gasteiger partial charge on any atom is 0.490 e. The summed E-state index contributed by atoms with van der Waals surface area (Å²) in [6.07, 6.45) is -10.2. The fraction of sp³-hybridized carbons (Fsp3) is 0.600. The lowest BCUT2D eigenvalue weighted by molar-refractivity contribution is -0.193. The standard InChI is InChI=1S/C6H12N2O4.2C2HF3O2/c1-3(6(11)12)8-5(10)4(7)2-9;2*3-2(4,5)1(6)7/h3-4,9H,2,7H2,1H3,(H,8,10)(H,11,12);2*(H,6,7)/t3?,4-;;/m0../s1. The van der Waals surface area contributed by atoms with Crippen molar-refractivity contribution in [3.05, 3.63) is 0 Å². The predicted molar refractivity (Wildman–Crippen MR) is 67.7 cm³/mol. The van der Waals surface area contributed by atoms with Crippen molar-refractivity contribution in [2.24, 2.45) is 5.73 Å². The van der Waals surface area contributed by atoms with Crippen molar-refractivity contribution in [2.75, 3.05) is 6.61 Å². The van der Waals surface area contributed by atoms with Crippen LogP contribution in [0, 0.1) is 0 Å². The highest BCUT2D eigenvalue weighted by atomic mass is 19.4. The molecule has 0 aliphatic carbocycles. The van der Waals surface area contributed by atoms with E-state index in [2.05, 4.69) is 5.32 Å². The first-order valence-electron chi connectivity index (χ1n) is 5.87. The van der Waals surface area contributed by atoms with Gasteiger partial charge in [-0.05, 0) is 6.92 Å². The van der Waals surface area contributed by atoms with Gasteiger partial charge in [0.05, 0.1) is 6.61 Å². The number of carbonyl (C=O) groups excluding carboxylic acids is 1. The Morgan fingerprint density at radius 3 is 1.35 bits per heavy atom. The summed E-state index contributed by atoms with van der Waals surface area (Å²) in [5.74, 6) is -7.33. The number of rotatable bonds is 4. The van der Waals surface area contributed by atoms with Crippen molar-refractivity contribution in [1.82, 2.24) is 5.32 Å². The number of aliphatic hydroxyl groups is 1. The fourth-order valence-corrected chi connectivity index (χ4v) is 0.465. The zero-order valence-corrected chi connectivity index (χ0v) is 12.6. The number of carboxylic acids is 3. The molecule has 0 aliphatic heterocycles. The Balaban J connectivity index is -0.000000326. The summed E-state index contributed by atoms with van der Waals surface area (Å²) in [6.45, 7) is 0.808. The normalized spacial score (nSPS) is 13.0. The average Bonchev–Trinajstić information content (AvgIpc) is 2.45. The van der Waals surface area contributed by atoms with E-state index in [0.29, 0.717) is 0 Å². The van der Waals surface area contributed by atoms with E-state index in [1.807, 2.05) is 0 Å². The zero-order chi connectivity index (χ0) is 21.9. The number of nitrogens with two attached hydrogens (primary N) is 1. The molecule has 1 amide bonds. The molecule has 0 aromatic rings. The molecule has 7 N–H and O–H groups in total. The van der Waals surface area contributed by atoms with E-state index in [1.165, 1.54) is 6.92 Å². The Labute approximate surface area is 140 Å². The summed E-state index contributed by atoms with van der Waals surface area (Å²) in [5.41, 5.74) is 5.11. The average molecular weight is 404 g/mol. The Kier molecular flexibility index (Phi) is 12.9. The maximum atomic E-state index is 10.8. The van der Waals surface area contributed by atoms with Crippen LogP contribution in [0.25, 0.3) is 0 Å². The monoisotopic (exact) mass is 404 g/mol. The van der Waals surface area contributed by atoms with Crippen LogP contribution in [-0.4, -0.2) is 75.3 Å². The van der Waals surface area contributed by atoms with Gasteiger partial charge < -0.3 is 31.5 Å². The third-order valence-electron chi connectivity index (χ3n) is 1.75. The van der Waals surface area contributed by atoms with E-state index >= 15 is 0 Å². The molecule has 0 fully saturated rings. The van der Waals surface area contributed by atoms with Crippen LogP contribution in [0.2, 0.25) is 0 Å². The molecule has 0 radical (unpaired) electrons. The van der Waals surface area contributed by atoms with E-state index in [0.717, 1.165) is 0 Å². The summed E-state index contributed by atoms with van der Waals surface area (Å²) in [7, 11) is 0. The minimum absolute atomic E-state index is 0.502. The molecule has 0 rings (SSSR count). The molecular weight excluding hydrogens is 390 g/mol. The van der Waals surface area contributed by atoms with Crippen molar-refractivity contribution in [3.63, 3.8) is 0 Å². The summed E-state index contributed by atoms with van der Waals surface area (Å²) in [4.78, 5) is 38.8. The molecule has 0 heterocycles. The zero-order valence-electron chi connectivity index (χ0n) is 12.6. The van der Waals surface area contributed by atoms with Gasteiger partial charge in [0, 0.05) is 0 Å². The van der Waals surface area contributed by atoms with Gasteiger partial charge in [0.25, 0.3) is 0 Å². The van der Waals surface area contributed by atoms with Crippen LogP contribution >= 0.6 is 0 Å². The van der Waals surface area contributed by atoms with Crippen LogP contribution < -0.4 is 11.1 Å². The highest BCUT2D eigenvalue weighted by molar-refractivity contribution is 5.86. The molecule has 26 heavy (non-hydrogen) atoms. The lowest BCUT2D eigenvalue weighted by Gasteiger charge is -2.12.